The van der Waals surface area contributed by atoms with E-state index in [1.54, 1.807) is 5.38 Å². The van der Waals surface area contributed by atoms with Crippen LogP contribution in [-0.4, -0.2) is 34.3 Å². The molecule has 7 heteroatoms. The average Bonchev–Trinajstić information content (AvgIpc) is 3.05. The van der Waals surface area contributed by atoms with Crippen molar-refractivity contribution in [1.29, 1.82) is 0 Å². The first-order chi connectivity index (χ1) is 11.6. The maximum atomic E-state index is 12.6. The first-order valence-corrected chi connectivity index (χ1v) is 8.85. The molecule has 0 saturated carbocycles. The van der Waals surface area contributed by atoms with Gasteiger partial charge in [0.15, 0.2) is 5.13 Å². The van der Waals surface area contributed by atoms with Crippen molar-refractivity contribution in [3.8, 4) is 0 Å². The smallest absolute Gasteiger partial charge is 0.268 e. The molecule has 6 nitrogen and oxygen atoms in total. The Morgan fingerprint density at radius 1 is 1.29 bits per heavy atom. The zero-order valence-electron chi connectivity index (χ0n) is 13.3. The van der Waals surface area contributed by atoms with Crippen molar-refractivity contribution >= 4 is 28.3 Å². The highest BCUT2D eigenvalue weighted by molar-refractivity contribution is 7.14. The number of likely N-dealkylation sites (tertiary alicyclic amines) is 1. The third-order valence-corrected chi connectivity index (χ3v) is 4.89. The Kier molecular flexibility index (Phi) is 5.22. The first kappa shape index (κ1) is 16.6. The number of nitrogens with zero attached hydrogens (tertiary/aromatic N) is 2. The van der Waals surface area contributed by atoms with Crippen LogP contribution in [-0.2, 0) is 11.3 Å². The molecule has 0 bridgehead atoms. The van der Waals surface area contributed by atoms with Crippen LogP contribution in [0.15, 0.2) is 35.7 Å². The minimum Gasteiger partial charge on any atom is -0.364 e. The molecule has 2 aromatic rings. The van der Waals surface area contributed by atoms with E-state index in [2.05, 4.69) is 27.3 Å². The van der Waals surface area contributed by atoms with E-state index in [4.69, 9.17) is 5.73 Å². The number of carbonyl (C=O) groups excluding carboxylic acids is 2. The van der Waals surface area contributed by atoms with Crippen LogP contribution in [0, 0.1) is 0 Å². The number of thiazole rings is 1. The van der Waals surface area contributed by atoms with Gasteiger partial charge >= 0.3 is 0 Å². The summed E-state index contributed by atoms with van der Waals surface area (Å²) in [7, 11) is 0. The van der Waals surface area contributed by atoms with Crippen LogP contribution < -0.4 is 11.1 Å². The van der Waals surface area contributed by atoms with Gasteiger partial charge in [0.05, 0.1) is 6.04 Å². The average molecular weight is 344 g/mol. The molecule has 1 fully saturated rings. The molecular weight excluding hydrogens is 324 g/mol. The van der Waals surface area contributed by atoms with Gasteiger partial charge in [-0.3, -0.25) is 14.5 Å². The van der Waals surface area contributed by atoms with E-state index in [1.165, 1.54) is 16.9 Å². The fourth-order valence-corrected chi connectivity index (χ4v) is 3.63. The first-order valence-electron chi connectivity index (χ1n) is 7.97. The van der Waals surface area contributed by atoms with Gasteiger partial charge in [0.1, 0.15) is 5.69 Å². The summed E-state index contributed by atoms with van der Waals surface area (Å²) in [4.78, 5) is 30.0. The zero-order chi connectivity index (χ0) is 16.9. The number of benzene rings is 1. The number of anilines is 1. The van der Waals surface area contributed by atoms with Crippen LogP contribution in [0.25, 0.3) is 0 Å². The minimum atomic E-state index is -0.588. The predicted molar refractivity (Wildman–Crippen MR) is 93.8 cm³/mol. The highest BCUT2D eigenvalue weighted by Crippen LogP contribution is 2.22. The van der Waals surface area contributed by atoms with Gasteiger partial charge in [0.2, 0.25) is 5.91 Å². The van der Waals surface area contributed by atoms with Crippen LogP contribution in [0.5, 0.6) is 0 Å². The Bertz CT molecular complexity index is 716. The molecule has 1 atom stereocenters. The summed E-state index contributed by atoms with van der Waals surface area (Å²) in [5.74, 6) is -0.661. The van der Waals surface area contributed by atoms with Crippen molar-refractivity contribution in [2.24, 2.45) is 5.73 Å². The Morgan fingerprint density at radius 3 is 2.79 bits per heavy atom. The molecule has 3 N–H and O–H groups in total. The molecule has 2 amide bonds. The molecule has 1 saturated heterocycles. The second-order valence-electron chi connectivity index (χ2n) is 5.86. The SMILES string of the molecule is NC(=O)c1csc(NC(=O)C2CCCCN2Cc2ccccc2)n1. The molecule has 3 rings (SSSR count). The number of hydrogen-bond donors (Lipinski definition) is 2. The van der Waals surface area contributed by atoms with Crippen molar-refractivity contribution in [2.75, 3.05) is 11.9 Å². The second-order valence-corrected chi connectivity index (χ2v) is 6.72. The van der Waals surface area contributed by atoms with Gasteiger partial charge in [-0.05, 0) is 24.9 Å². The van der Waals surface area contributed by atoms with Gasteiger partial charge in [-0.25, -0.2) is 4.98 Å². The van der Waals surface area contributed by atoms with E-state index < -0.39 is 5.91 Å². The molecule has 0 aliphatic carbocycles. The summed E-state index contributed by atoms with van der Waals surface area (Å²) in [6, 6.07) is 9.97. The summed E-state index contributed by atoms with van der Waals surface area (Å²) in [5, 5.41) is 4.79. The van der Waals surface area contributed by atoms with E-state index in [0.29, 0.717) is 5.13 Å². The molecule has 1 aromatic carbocycles. The minimum absolute atomic E-state index is 0.0731. The predicted octanol–water partition coefficient (Wildman–Crippen LogP) is 2.24. The number of amides is 2. The van der Waals surface area contributed by atoms with E-state index >= 15 is 0 Å². The van der Waals surface area contributed by atoms with Crippen LogP contribution in [0.3, 0.4) is 0 Å². The third-order valence-electron chi connectivity index (χ3n) is 4.13. The molecule has 1 unspecified atom stereocenters. The van der Waals surface area contributed by atoms with Gasteiger partial charge in [0, 0.05) is 11.9 Å². The lowest BCUT2D eigenvalue weighted by Crippen LogP contribution is -2.46. The van der Waals surface area contributed by atoms with Crippen molar-refractivity contribution in [3.05, 3.63) is 47.0 Å². The molecule has 0 radical (unpaired) electrons. The lowest BCUT2D eigenvalue weighted by molar-refractivity contribution is -0.122. The number of piperidine rings is 1. The Morgan fingerprint density at radius 2 is 2.08 bits per heavy atom. The third kappa shape index (κ3) is 3.98. The summed E-state index contributed by atoms with van der Waals surface area (Å²) < 4.78 is 0. The number of primary amides is 1. The Hall–Kier alpha value is -2.25. The monoisotopic (exact) mass is 344 g/mol. The number of nitrogens with two attached hydrogens (primary N) is 1. The molecule has 126 valence electrons. The second kappa shape index (κ2) is 7.55. The van der Waals surface area contributed by atoms with Crippen LogP contribution >= 0.6 is 11.3 Å². The molecular formula is C17H20N4O2S. The standard InChI is InChI=1S/C17H20N4O2S/c18-15(22)13-11-24-17(19-13)20-16(23)14-8-4-5-9-21(14)10-12-6-2-1-3-7-12/h1-3,6-7,11,14H,4-5,8-10H2,(H2,18,22)(H,19,20,23). The molecule has 0 spiro atoms. The van der Waals surface area contributed by atoms with Gasteiger partial charge in [0.25, 0.3) is 5.91 Å². The molecule has 1 aliphatic rings. The summed E-state index contributed by atoms with van der Waals surface area (Å²) in [6.45, 7) is 1.65. The topological polar surface area (TPSA) is 88.3 Å². The van der Waals surface area contributed by atoms with E-state index in [0.717, 1.165) is 32.4 Å². The number of carbonyl (C=O) groups is 2. The Labute approximate surface area is 144 Å². The summed E-state index contributed by atoms with van der Waals surface area (Å²) in [5.41, 5.74) is 6.57. The quantitative estimate of drug-likeness (QED) is 0.870. The van der Waals surface area contributed by atoms with Crippen LogP contribution in [0.1, 0.15) is 35.3 Å². The van der Waals surface area contributed by atoms with Crippen molar-refractivity contribution < 1.29 is 9.59 Å². The molecule has 1 aliphatic heterocycles. The van der Waals surface area contributed by atoms with Gasteiger partial charge in [-0.15, -0.1) is 11.3 Å². The molecule has 1 aromatic heterocycles. The lowest BCUT2D eigenvalue weighted by atomic mass is 10.0. The number of rotatable bonds is 5. The highest BCUT2D eigenvalue weighted by Gasteiger charge is 2.29. The summed E-state index contributed by atoms with van der Waals surface area (Å²) >= 11 is 1.21. The van der Waals surface area contributed by atoms with E-state index in [-0.39, 0.29) is 17.6 Å². The highest BCUT2D eigenvalue weighted by atomic mass is 32.1. The van der Waals surface area contributed by atoms with Gasteiger partial charge < -0.3 is 11.1 Å². The fourth-order valence-electron chi connectivity index (χ4n) is 2.93. The number of hydrogen-bond acceptors (Lipinski definition) is 5. The molecule has 24 heavy (non-hydrogen) atoms. The van der Waals surface area contributed by atoms with Gasteiger partial charge in [-0.1, -0.05) is 36.8 Å². The number of aromatic nitrogens is 1. The number of nitrogens with one attached hydrogen (secondary N) is 1. The lowest BCUT2D eigenvalue weighted by Gasteiger charge is -2.34. The molecule has 2 heterocycles. The van der Waals surface area contributed by atoms with Crippen molar-refractivity contribution in [1.82, 2.24) is 9.88 Å². The maximum absolute atomic E-state index is 12.6. The van der Waals surface area contributed by atoms with Crippen molar-refractivity contribution in [3.63, 3.8) is 0 Å². The van der Waals surface area contributed by atoms with Gasteiger partial charge in [-0.2, -0.15) is 0 Å². The summed E-state index contributed by atoms with van der Waals surface area (Å²) in [6.07, 6.45) is 2.96. The van der Waals surface area contributed by atoms with Crippen molar-refractivity contribution in [2.45, 2.75) is 31.8 Å². The van der Waals surface area contributed by atoms with E-state index in [9.17, 15) is 9.59 Å². The normalized spacial score (nSPS) is 18.2. The van der Waals surface area contributed by atoms with E-state index in [1.807, 2.05) is 18.2 Å². The Balaban J connectivity index is 1.67. The largest absolute Gasteiger partial charge is 0.364 e. The zero-order valence-corrected chi connectivity index (χ0v) is 14.1. The van der Waals surface area contributed by atoms with Crippen LogP contribution in [0.2, 0.25) is 0 Å². The fraction of sp³-hybridized carbons (Fsp3) is 0.353. The van der Waals surface area contributed by atoms with Crippen LogP contribution in [0.4, 0.5) is 5.13 Å². The maximum Gasteiger partial charge on any atom is 0.268 e.